The highest BCUT2D eigenvalue weighted by atomic mass is 79.9. The van der Waals surface area contributed by atoms with Crippen molar-refractivity contribution in [3.05, 3.63) is 20.8 Å². The average molecular weight is 318 g/mol. The molecule has 0 saturated carbocycles. The van der Waals surface area contributed by atoms with Crippen LogP contribution in [0.1, 0.15) is 17.7 Å². The Morgan fingerprint density at radius 3 is 2.82 bits per heavy atom. The van der Waals surface area contributed by atoms with E-state index >= 15 is 0 Å². The second-order valence-electron chi connectivity index (χ2n) is 4.27. The Morgan fingerprint density at radius 2 is 2.29 bits per heavy atom. The zero-order chi connectivity index (χ0) is 12.3. The van der Waals surface area contributed by atoms with Crippen LogP contribution in [0.4, 0.5) is 0 Å². The minimum absolute atomic E-state index is 0.0537. The van der Waals surface area contributed by atoms with Gasteiger partial charge in [0, 0.05) is 15.9 Å². The minimum atomic E-state index is -0.0537. The van der Waals surface area contributed by atoms with Crippen molar-refractivity contribution < 1.29 is 9.53 Å². The van der Waals surface area contributed by atoms with Crippen LogP contribution in [-0.4, -0.2) is 31.1 Å². The summed E-state index contributed by atoms with van der Waals surface area (Å²) in [4.78, 5) is 15.2. The third-order valence-corrected chi connectivity index (χ3v) is 5.09. The number of ether oxygens (including phenoxy) is 1. The standard InChI is InChI=1S/C12H16BrNO2S/c1-16-12(15)9-2-5-14(6-3-9)8-11-10(13)4-7-17-11/h4,7,9H,2-3,5-6,8H2,1H3. The number of likely N-dealkylation sites (tertiary alicyclic amines) is 1. The molecule has 1 aliphatic rings. The van der Waals surface area contributed by atoms with Crippen LogP contribution >= 0.6 is 27.3 Å². The summed E-state index contributed by atoms with van der Waals surface area (Å²) in [5, 5.41) is 2.10. The Balaban J connectivity index is 1.83. The highest BCUT2D eigenvalue weighted by molar-refractivity contribution is 9.10. The Hall–Kier alpha value is -0.390. The number of nitrogens with zero attached hydrogens (tertiary/aromatic N) is 1. The molecule has 0 radical (unpaired) electrons. The van der Waals surface area contributed by atoms with E-state index in [1.54, 1.807) is 11.3 Å². The van der Waals surface area contributed by atoms with Crippen LogP contribution in [0.2, 0.25) is 0 Å². The van der Waals surface area contributed by atoms with Gasteiger partial charge in [0.15, 0.2) is 0 Å². The average Bonchev–Trinajstić information content (AvgIpc) is 2.75. The summed E-state index contributed by atoms with van der Waals surface area (Å²) in [6.07, 6.45) is 1.82. The number of esters is 1. The fraction of sp³-hybridized carbons (Fsp3) is 0.583. The van der Waals surface area contributed by atoms with Gasteiger partial charge in [-0.15, -0.1) is 11.3 Å². The molecule has 1 aliphatic heterocycles. The first-order valence-electron chi connectivity index (χ1n) is 5.72. The van der Waals surface area contributed by atoms with E-state index < -0.39 is 0 Å². The van der Waals surface area contributed by atoms with Crippen LogP contribution in [0.25, 0.3) is 0 Å². The van der Waals surface area contributed by atoms with Gasteiger partial charge in [0.2, 0.25) is 0 Å². The molecule has 1 fully saturated rings. The molecule has 2 rings (SSSR count). The van der Waals surface area contributed by atoms with Gasteiger partial charge in [0.25, 0.3) is 0 Å². The van der Waals surface area contributed by atoms with Crippen LogP contribution in [0, 0.1) is 5.92 Å². The van der Waals surface area contributed by atoms with E-state index in [0.29, 0.717) is 0 Å². The molecule has 0 N–H and O–H groups in total. The number of rotatable bonds is 3. The molecule has 0 atom stereocenters. The van der Waals surface area contributed by atoms with Crippen molar-refractivity contribution in [1.29, 1.82) is 0 Å². The number of carbonyl (C=O) groups is 1. The molecule has 3 nitrogen and oxygen atoms in total. The number of methoxy groups -OCH3 is 1. The normalized spacial score (nSPS) is 18.2. The van der Waals surface area contributed by atoms with E-state index in [1.165, 1.54) is 16.5 Å². The lowest BCUT2D eigenvalue weighted by atomic mass is 9.97. The van der Waals surface area contributed by atoms with Crippen molar-refractivity contribution in [1.82, 2.24) is 4.90 Å². The van der Waals surface area contributed by atoms with Crippen molar-refractivity contribution in [2.24, 2.45) is 5.92 Å². The molecule has 0 unspecified atom stereocenters. The van der Waals surface area contributed by atoms with E-state index in [-0.39, 0.29) is 11.9 Å². The molecule has 2 heterocycles. The number of thiophene rings is 1. The number of piperidine rings is 1. The highest BCUT2D eigenvalue weighted by Gasteiger charge is 2.25. The largest absolute Gasteiger partial charge is 0.469 e. The lowest BCUT2D eigenvalue weighted by Crippen LogP contribution is -2.36. The summed E-state index contributed by atoms with van der Waals surface area (Å²) in [6, 6.07) is 2.08. The van der Waals surface area contributed by atoms with Crippen molar-refractivity contribution in [3.63, 3.8) is 0 Å². The van der Waals surface area contributed by atoms with E-state index in [1.807, 2.05) is 0 Å². The van der Waals surface area contributed by atoms with Crippen LogP contribution in [0.3, 0.4) is 0 Å². The summed E-state index contributed by atoms with van der Waals surface area (Å²) in [7, 11) is 1.47. The maximum atomic E-state index is 11.4. The highest BCUT2D eigenvalue weighted by Crippen LogP contribution is 2.26. The monoisotopic (exact) mass is 317 g/mol. The summed E-state index contributed by atoms with van der Waals surface area (Å²) in [6.45, 7) is 2.93. The Bertz CT molecular complexity index is 386. The Kier molecular flexibility index (Phi) is 4.59. The molecule has 1 aromatic rings. The molecule has 1 aromatic heterocycles. The first kappa shape index (κ1) is 13.1. The third kappa shape index (κ3) is 3.30. The van der Waals surface area contributed by atoms with Gasteiger partial charge in [-0.3, -0.25) is 9.69 Å². The van der Waals surface area contributed by atoms with Crippen LogP contribution in [-0.2, 0) is 16.1 Å². The summed E-state index contributed by atoms with van der Waals surface area (Å²) in [5.41, 5.74) is 0. The molecule has 17 heavy (non-hydrogen) atoms. The molecule has 5 heteroatoms. The summed E-state index contributed by atoms with van der Waals surface area (Å²) >= 11 is 5.32. The van der Waals surface area contributed by atoms with Crippen molar-refractivity contribution in [3.8, 4) is 0 Å². The lowest BCUT2D eigenvalue weighted by Gasteiger charge is -2.30. The summed E-state index contributed by atoms with van der Waals surface area (Å²) < 4.78 is 5.98. The smallest absolute Gasteiger partial charge is 0.308 e. The third-order valence-electron chi connectivity index (χ3n) is 3.18. The van der Waals surface area contributed by atoms with Gasteiger partial charge in [-0.1, -0.05) is 0 Å². The number of carbonyl (C=O) groups excluding carboxylic acids is 1. The molecule has 0 aromatic carbocycles. The first-order chi connectivity index (χ1) is 8.20. The second-order valence-corrected chi connectivity index (χ2v) is 6.12. The van der Waals surface area contributed by atoms with Crippen LogP contribution in [0.15, 0.2) is 15.9 Å². The van der Waals surface area contributed by atoms with E-state index in [2.05, 4.69) is 32.3 Å². The van der Waals surface area contributed by atoms with E-state index in [9.17, 15) is 4.79 Å². The van der Waals surface area contributed by atoms with E-state index in [0.717, 1.165) is 32.5 Å². The first-order valence-corrected chi connectivity index (χ1v) is 7.40. The molecule has 94 valence electrons. The lowest BCUT2D eigenvalue weighted by molar-refractivity contribution is -0.147. The number of hydrogen-bond donors (Lipinski definition) is 0. The van der Waals surface area contributed by atoms with Gasteiger partial charge in [-0.25, -0.2) is 0 Å². The minimum Gasteiger partial charge on any atom is -0.469 e. The fourth-order valence-electron chi connectivity index (χ4n) is 2.13. The predicted octanol–water partition coefficient (Wildman–Crippen LogP) is 2.90. The van der Waals surface area contributed by atoms with Crippen molar-refractivity contribution in [2.75, 3.05) is 20.2 Å². The van der Waals surface area contributed by atoms with Crippen molar-refractivity contribution >= 4 is 33.2 Å². The number of halogens is 1. The van der Waals surface area contributed by atoms with Gasteiger partial charge in [-0.05, 0) is 53.3 Å². The molecular formula is C12H16BrNO2S. The Labute approximate surface area is 114 Å². The quantitative estimate of drug-likeness (QED) is 0.803. The maximum Gasteiger partial charge on any atom is 0.308 e. The molecule has 0 bridgehead atoms. The molecular weight excluding hydrogens is 302 g/mol. The zero-order valence-corrected chi connectivity index (χ0v) is 12.2. The van der Waals surface area contributed by atoms with E-state index in [4.69, 9.17) is 4.74 Å². The van der Waals surface area contributed by atoms with Gasteiger partial charge in [0.1, 0.15) is 0 Å². The molecule has 0 spiro atoms. The number of hydrogen-bond acceptors (Lipinski definition) is 4. The topological polar surface area (TPSA) is 29.5 Å². The SMILES string of the molecule is COC(=O)C1CCN(Cc2sccc2Br)CC1. The van der Waals surface area contributed by atoms with Crippen LogP contribution in [0.5, 0.6) is 0 Å². The van der Waals surface area contributed by atoms with Gasteiger partial charge >= 0.3 is 5.97 Å². The zero-order valence-electron chi connectivity index (χ0n) is 9.82. The predicted molar refractivity (Wildman–Crippen MR) is 72.0 cm³/mol. The molecule has 0 amide bonds. The molecule has 0 aliphatic carbocycles. The Morgan fingerprint density at radius 1 is 1.59 bits per heavy atom. The second kappa shape index (κ2) is 5.98. The van der Waals surface area contributed by atoms with Crippen molar-refractivity contribution in [2.45, 2.75) is 19.4 Å². The fourth-order valence-corrected chi connectivity index (χ4v) is 3.65. The van der Waals surface area contributed by atoms with Gasteiger partial charge in [-0.2, -0.15) is 0 Å². The maximum absolute atomic E-state index is 11.4. The van der Waals surface area contributed by atoms with Gasteiger partial charge in [0.05, 0.1) is 13.0 Å². The van der Waals surface area contributed by atoms with Crippen LogP contribution < -0.4 is 0 Å². The molecule has 1 saturated heterocycles. The van der Waals surface area contributed by atoms with Gasteiger partial charge < -0.3 is 4.74 Å². The summed E-state index contributed by atoms with van der Waals surface area (Å²) in [5.74, 6) is 0.0463.